The van der Waals surface area contributed by atoms with E-state index in [0.717, 1.165) is 5.56 Å². The van der Waals surface area contributed by atoms with Crippen LogP contribution in [-0.2, 0) is 25.7 Å². The van der Waals surface area contributed by atoms with Crippen molar-refractivity contribution in [3.63, 3.8) is 0 Å². The van der Waals surface area contributed by atoms with Gasteiger partial charge < -0.3 is 19.7 Å². The molecule has 7 heteroatoms. The van der Waals surface area contributed by atoms with Gasteiger partial charge in [-0.05, 0) is 39.7 Å². The molecule has 1 aromatic carbocycles. The first-order valence-corrected chi connectivity index (χ1v) is 8.68. The van der Waals surface area contributed by atoms with Gasteiger partial charge in [-0.2, -0.15) is 0 Å². The molecule has 142 valence electrons. The molecule has 26 heavy (non-hydrogen) atoms. The molecule has 0 unspecified atom stereocenters. The van der Waals surface area contributed by atoms with Crippen molar-refractivity contribution in [2.75, 3.05) is 6.54 Å². The number of rotatable bonds is 5. The van der Waals surface area contributed by atoms with E-state index in [4.69, 9.17) is 9.47 Å². The van der Waals surface area contributed by atoms with Gasteiger partial charge in [-0.15, -0.1) is 0 Å². The topological polar surface area (TPSA) is 84.9 Å². The van der Waals surface area contributed by atoms with Crippen LogP contribution in [0.15, 0.2) is 30.3 Å². The Balaban J connectivity index is 1.84. The largest absolute Gasteiger partial charge is 0.458 e. The van der Waals surface area contributed by atoms with Gasteiger partial charge in [-0.1, -0.05) is 30.3 Å². The highest BCUT2D eigenvalue weighted by Gasteiger charge is 2.39. The highest BCUT2D eigenvalue weighted by atomic mass is 16.6. The molecule has 1 aromatic rings. The number of nitrogens with zero attached hydrogens (tertiary/aromatic N) is 1. The summed E-state index contributed by atoms with van der Waals surface area (Å²) in [6, 6.07) is 7.88. The average Bonchev–Trinajstić information content (AvgIpc) is 2.92. The Kier molecular flexibility index (Phi) is 6.23. The molecule has 0 bridgehead atoms. The number of carbonyl (C=O) groups is 3. The monoisotopic (exact) mass is 362 g/mol. The number of esters is 1. The SMILES string of the molecule is C[C@H](C(=O)OC(C)(C)C)N1CC[C@@H](NC(=O)OCc2ccccc2)C1=O. The Morgan fingerprint density at radius 2 is 1.92 bits per heavy atom. The van der Waals surface area contributed by atoms with Crippen LogP contribution < -0.4 is 5.32 Å². The number of nitrogens with one attached hydrogen (secondary N) is 1. The molecular formula is C19H26N2O5. The molecule has 0 aliphatic carbocycles. The van der Waals surface area contributed by atoms with Gasteiger partial charge in [0.25, 0.3) is 0 Å². The van der Waals surface area contributed by atoms with Crippen LogP contribution in [-0.4, -0.2) is 47.1 Å². The second-order valence-electron chi connectivity index (χ2n) is 7.29. The second-order valence-corrected chi connectivity index (χ2v) is 7.29. The lowest BCUT2D eigenvalue weighted by Crippen LogP contribution is -2.47. The fraction of sp³-hybridized carbons (Fsp3) is 0.526. The summed E-state index contributed by atoms with van der Waals surface area (Å²) in [6.45, 7) is 7.46. The third-order valence-corrected chi connectivity index (χ3v) is 3.96. The van der Waals surface area contributed by atoms with E-state index in [1.165, 1.54) is 4.90 Å². The van der Waals surface area contributed by atoms with Crippen LogP contribution in [0.4, 0.5) is 4.79 Å². The number of likely N-dealkylation sites (tertiary alicyclic amines) is 1. The van der Waals surface area contributed by atoms with Crippen molar-refractivity contribution in [3.8, 4) is 0 Å². The Labute approximate surface area is 153 Å². The molecule has 2 rings (SSSR count). The molecule has 1 heterocycles. The van der Waals surface area contributed by atoms with Crippen LogP contribution in [0.25, 0.3) is 0 Å². The van der Waals surface area contributed by atoms with Crippen molar-refractivity contribution in [2.45, 2.75) is 58.4 Å². The molecule has 1 aliphatic rings. The zero-order valence-electron chi connectivity index (χ0n) is 15.7. The van der Waals surface area contributed by atoms with Crippen molar-refractivity contribution in [3.05, 3.63) is 35.9 Å². The molecule has 0 spiro atoms. The van der Waals surface area contributed by atoms with Gasteiger partial charge in [0.2, 0.25) is 5.91 Å². The van der Waals surface area contributed by atoms with Crippen molar-refractivity contribution in [1.82, 2.24) is 10.2 Å². The van der Waals surface area contributed by atoms with Crippen molar-refractivity contribution < 1.29 is 23.9 Å². The first-order valence-electron chi connectivity index (χ1n) is 8.68. The Bertz CT molecular complexity index is 654. The van der Waals surface area contributed by atoms with E-state index >= 15 is 0 Å². The minimum absolute atomic E-state index is 0.131. The summed E-state index contributed by atoms with van der Waals surface area (Å²) >= 11 is 0. The van der Waals surface area contributed by atoms with E-state index in [9.17, 15) is 14.4 Å². The number of amides is 2. The molecule has 2 amide bonds. The third-order valence-electron chi connectivity index (χ3n) is 3.96. The van der Waals surface area contributed by atoms with Crippen LogP contribution in [0.2, 0.25) is 0 Å². The maximum absolute atomic E-state index is 12.5. The molecule has 7 nitrogen and oxygen atoms in total. The van der Waals surface area contributed by atoms with Gasteiger partial charge in [-0.25, -0.2) is 9.59 Å². The van der Waals surface area contributed by atoms with Crippen molar-refractivity contribution in [2.24, 2.45) is 0 Å². The average molecular weight is 362 g/mol. The van der Waals surface area contributed by atoms with Gasteiger partial charge in [0.1, 0.15) is 24.3 Å². The Hall–Kier alpha value is -2.57. The fourth-order valence-electron chi connectivity index (χ4n) is 2.64. The molecule has 2 atom stereocenters. The summed E-state index contributed by atoms with van der Waals surface area (Å²) in [7, 11) is 0. The number of hydrogen-bond acceptors (Lipinski definition) is 5. The summed E-state index contributed by atoms with van der Waals surface area (Å²) < 4.78 is 10.5. The Morgan fingerprint density at radius 3 is 2.54 bits per heavy atom. The van der Waals surface area contributed by atoms with Crippen molar-refractivity contribution >= 4 is 18.0 Å². The van der Waals surface area contributed by atoms with Gasteiger partial charge in [-0.3, -0.25) is 4.79 Å². The van der Waals surface area contributed by atoms with E-state index in [1.54, 1.807) is 27.7 Å². The predicted octanol–water partition coefficient (Wildman–Crippen LogP) is 2.24. The highest BCUT2D eigenvalue weighted by molar-refractivity contribution is 5.91. The zero-order chi connectivity index (χ0) is 19.3. The predicted molar refractivity (Wildman–Crippen MR) is 95.2 cm³/mol. The van der Waals surface area contributed by atoms with E-state index < -0.39 is 29.7 Å². The first-order chi connectivity index (χ1) is 12.2. The van der Waals surface area contributed by atoms with Crippen LogP contribution in [0.1, 0.15) is 39.7 Å². The van der Waals surface area contributed by atoms with Gasteiger partial charge in [0.15, 0.2) is 0 Å². The van der Waals surface area contributed by atoms with E-state index in [0.29, 0.717) is 13.0 Å². The summed E-state index contributed by atoms with van der Waals surface area (Å²) in [5.41, 5.74) is 0.244. The minimum atomic E-state index is -0.700. The first kappa shape index (κ1) is 19.8. The quantitative estimate of drug-likeness (QED) is 0.812. The van der Waals surface area contributed by atoms with Gasteiger partial charge in [0, 0.05) is 6.54 Å². The lowest BCUT2D eigenvalue weighted by atomic mass is 10.2. The molecule has 1 fully saturated rings. The number of benzene rings is 1. The van der Waals surface area contributed by atoms with Gasteiger partial charge in [0.05, 0.1) is 0 Å². The molecule has 1 N–H and O–H groups in total. The highest BCUT2D eigenvalue weighted by Crippen LogP contribution is 2.18. The molecule has 1 saturated heterocycles. The van der Waals surface area contributed by atoms with Crippen LogP contribution in [0.5, 0.6) is 0 Å². The third kappa shape index (κ3) is 5.47. The number of hydrogen-bond donors (Lipinski definition) is 1. The lowest BCUT2D eigenvalue weighted by Gasteiger charge is -2.27. The molecule has 1 aliphatic heterocycles. The standard InChI is InChI=1S/C19H26N2O5/c1-13(17(23)26-19(2,3)4)21-11-10-15(16(21)22)20-18(24)25-12-14-8-6-5-7-9-14/h5-9,13,15H,10-12H2,1-4H3,(H,20,24)/t13-,15-/m1/s1. The fourth-order valence-corrected chi connectivity index (χ4v) is 2.64. The molecule has 0 saturated carbocycles. The van der Waals surface area contributed by atoms with Crippen LogP contribution in [0, 0.1) is 0 Å². The summed E-state index contributed by atoms with van der Waals surface area (Å²) in [5.74, 6) is -0.766. The summed E-state index contributed by atoms with van der Waals surface area (Å²) in [5, 5.41) is 2.57. The second kappa shape index (κ2) is 8.21. The Morgan fingerprint density at radius 1 is 1.27 bits per heavy atom. The molecule has 0 aromatic heterocycles. The molecule has 0 radical (unpaired) electrons. The van der Waals surface area contributed by atoms with E-state index in [-0.39, 0.29) is 12.5 Å². The number of carbonyl (C=O) groups excluding carboxylic acids is 3. The lowest BCUT2D eigenvalue weighted by molar-refractivity contribution is -0.163. The maximum Gasteiger partial charge on any atom is 0.408 e. The zero-order valence-corrected chi connectivity index (χ0v) is 15.7. The van der Waals surface area contributed by atoms with E-state index in [1.807, 2.05) is 30.3 Å². The van der Waals surface area contributed by atoms with Gasteiger partial charge >= 0.3 is 12.1 Å². The summed E-state index contributed by atoms with van der Waals surface area (Å²) in [6.07, 6.45) is -0.231. The minimum Gasteiger partial charge on any atom is -0.458 e. The van der Waals surface area contributed by atoms with Crippen molar-refractivity contribution in [1.29, 1.82) is 0 Å². The van der Waals surface area contributed by atoms with E-state index in [2.05, 4.69) is 5.32 Å². The summed E-state index contributed by atoms with van der Waals surface area (Å²) in [4.78, 5) is 38.0. The maximum atomic E-state index is 12.5. The smallest absolute Gasteiger partial charge is 0.408 e. The number of alkyl carbamates (subject to hydrolysis) is 1. The van der Waals surface area contributed by atoms with Crippen LogP contribution >= 0.6 is 0 Å². The molecular weight excluding hydrogens is 336 g/mol. The number of ether oxygens (including phenoxy) is 2. The van der Waals surface area contributed by atoms with Crippen LogP contribution in [0.3, 0.4) is 0 Å². The normalized spacial score (nSPS) is 18.4.